The average molecular weight is 329 g/mol. The number of carbonyl (C=O) groups is 1. The fraction of sp³-hybridized carbons (Fsp3) is 0.412. The van der Waals surface area contributed by atoms with Crippen LogP contribution in [0.4, 0.5) is 10.5 Å². The van der Waals surface area contributed by atoms with Crippen molar-refractivity contribution in [1.29, 1.82) is 0 Å². The van der Waals surface area contributed by atoms with Gasteiger partial charge in [-0.25, -0.2) is 4.79 Å². The second kappa shape index (κ2) is 6.07. The van der Waals surface area contributed by atoms with E-state index >= 15 is 0 Å². The monoisotopic (exact) mass is 329 g/mol. The molecular formula is C17H19N3O4. The van der Waals surface area contributed by atoms with Crippen LogP contribution in [0.15, 0.2) is 28.8 Å². The van der Waals surface area contributed by atoms with Crippen molar-refractivity contribution in [3.05, 3.63) is 35.7 Å². The summed E-state index contributed by atoms with van der Waals surface area (Å²) in [6, 6.07) is 7.10. The van der Waals surface area contributed by atoms with E-state index in [1.807, 2.05) is 13.0 Å². The molecule has 1 atom stereocenters. The van der Waals surface area contributed by atoms with Crippen LogP contribution in [0.1, 0.15) is 37.3 Å². The Morgan fingerprint density at radius 1 is 1.33 bits per heavy atom. The molecule has 2 aliphatic heterocycles. The molecule has 1 N–H and O–H groups in total. The number of benzene rings is 1. The van der Waals surface area contributed by atoms with Gasteiger partial charge >= 0.3 is 6.03 Å². The standard InChI is InChI=1S/C17H19N3O4/c1-2-11-8-15(24-19-11)13-4-3-7-20(13)17(21)18-12-5-6-14-16(9-12)23-10-22-14/h5-6,8-9,13H,2-4,7,10H2,1H3,(H,18,21)/t13-/m0/s1. The molecule has 3 heterocycles. The molecule has 0 unspecified atom stereocenters. The first kappa shape index (κ1) is 14.9. The van der Waals surface area contributed by atoms with Gasteiger partial charge in [0.05, 0.1) is 11.7 Å². The first-order chi connectivity index (χ1) is 11.7. The van der Waals surface area contributed by atoms with Crippen LogP contribution in [-0.4, -0.2) is 29.4 Å². The Hall–Kier alpha value is -2.70. The molecule has 0 bridgehead atoms. The van der Waals surface area contributed by atoms with Gasteiger partial charge in [-0.15, -0.1) is 0 Å². The van der Waals surface area contributed by atoms with E-state index in [9.17, 15) is 4.79 Å². The summed E-state index contributed by atoms with van der Waals surface area (Å²) in [7, 11) is 0. The summed E-state index contributed by atoms with van der Waals surface area (Å²) in [4.78, 5) is 14.5. The minimum atomic E-state index is -0.147. The summed E-state index contributed by atoms with van der Waals surface area (Å²) in [6.07, 6.45) is 2.65. The third-order valence-electron chi connectivity index (χ3n) is 4.41. The molecule has 1 aromatic heterocycles. The van der Waals surface area contributed by atoms with Gasteiger partial charge < -0.3 is 24.2 Å². The minimum absolute atomic E-state index is 0.0631. The summed E-state index contributed by atoms with van der Waals surface area (Å²) in [5.74, 6) is 2.10. The largest absolute Gasteiger partial charge is 0.454 e. The summed E-state index contributed by atoms with van der Waals surface area (Å²) >= 11 is 0. The van der Waals surface area contributed by atoms with Gasteiger partial charge in [0.2, 0.25) is 6.79 Å². The number of urea groups is 1. The van der Waals surface area contributed by atoms with Crippen LogP contribution in [0.5, 0.6) is 11.5 Å². The number of likely N-dealkylation sites (tertiary alicyclic amines) is 1. The van der Waals surface area contributed by atoms with E-state index in [0.717, 1.165) is 30.7 Å². The van der Waals surface area contributed by atoms with E-state index in [1.54, 1.807) is 23.1 Å². The van der Waals surface area contributed by atoms with Crippen molar-refractivity contribution >= 4 is 11.7 Å². The fourth-order valence-corrected chi connectivity index (χ4v) is 3.13. The van der Waals surface area contributed by atoms with Gasteiger partial charge in [-0.2, -0.15) is 0 Å². The lowest BCUT2D eigenvalue weighted by Crippen LogP contribution is -2.34. The third-order valence-corrected chi connectivity index (χ3v) is 4.41. The Bertz CT molecular complexity index is 758. The van der Waals surface area contributed by atoms with E-state index in [-0.39, 0.29) is 18.9 Å². The summed E-state index contributed by atoms with van der Waals surface area (Å²) in [6.45, 7) is 2.94. The van der Waals surface area contributed by atoms with E-state index in [2.05, 4.69) is 10.5 Å². The molecule has 1 saturated heterocycles. The molecule has 0 aliphatic carbocycles. The predicted octanol–water partition coefficient (Wildman–Crippen LogP) is 3.33. The molecule has 2 amide bonds. The van der Waals surface area contributed by atoms with Gasteiger partial charge in [0, 0.05) is 24.4 Å². The van der Waals surface area contributed by atoms with Crippen LogP contribution in [0.25, 0.3) is 0 Å². The lowest BCUT2D eigenvalue weighted by molar-refractivity contribution is 0.174. The molecule has 7 nitrogen and oxygen atoms in total. The summed E-state index contributed by atoms with van der Waals surface area (Å²) in [5.41, 5.74) is 1.59. The van der Waals surface area contributed by atoms with Crippen LogP contribution in [-0.2, 0) is 6.42 Å². The van der Waals surface area contributed by atoms with Crippen molar-refractivity contribution in [2.45, 2.75) is 32.2 Å². The molecule has 2 aliphatic rings. The number of anilines is 1. The first-order valence-electron chi connectivity index (χ1n) is 8.17. The smallest absolute Gasteiger partial charge is 0.322 e. The number of amides is 2. The zero-order valence-electron chi connectivity index (χ0n) is 13.4. The van der Waals surface area contributed by atoms with Gasteiger partial charge in [0.1, 0.15) is 0 Å². The maximum atomic E-state index is 12.7. The second-order valence-electron chi connectivity index (χ2n) is 5.92. The Morgan fingerprint density at radius 3 is 3.04 bits per heavy atom. The van der Waals surface area contributed by atoms with Crippen molar-refractivity contribution in [3.63, 3.8) is 0 Å². The van der Waals surface area contributed by atoms with Crippen LogP contribution in [0.3, 0.4) is 0 Å². The van der Waals surface area contributed by atoms with Gasteiger partial charge in [-0.1, -0.05) is 12.1 Å². The summed E-state index contributed by atoms with van der Waals surface area (Å²) < 4.78 is 16.0. The number of hydrogen-bond donors (Lipinski definition) is 1. The van der Waals surface area contributed by atoms with Crippen LogP contribution in [0, 0.1) is 0 Å². The van der Waals surface area contributed by atoms with Crippen molar-refractivity contribution in [2.24, 2.45) is 0 Å². The minimum Gasteiger partial charge on any atom is -0.454 e. The number of nitrogens with zero attached hydrogens (tertiary/aromatic N) is 2. The van der Waals surface area contributed by atoms with Gasteiger partial charge in [-0.3, -0.25) is 0 Å². The highest BCUT2D eigenvalue weighted by atomic mass is 16.7. The SMILES string of the molecule is CCc1cc([C@@H]2CCCN2C(=O)Nc2ccc3c(c2)OCO3)on1. The zero-order chi connectivity index (χ0) is 16.5. The van der Waals surface area contributed by atoms with Crippen LogP contribution < -0.4 is 14.8 Å². The van der Waals surface area contributed by atoms with Crippen LogP contribution >= 0.6 is 0 Å². The van der Waals surface area contributed by atoms with E-state index in [1.165, 1.54) is 0 Å². The number of fused-ring (bicyclic) bond motifs is 1. The molecule has 0 saturated carbocycles. The number of hydrogen-bond acceptors (Lipinski definition) is 5. The van der Waals surface area contributed by atoms with E-state index < -0.39 is 0 Å². The lowest BCUT2D eigenvalue weighted by atomic mass is 10.1. The normalized spacial score (nSPS) is 18.9. The van der Waals surface area contributed by atoms with E-state index in [4.69, 9.17) is 14.0 Å². The maximum absolute atomic E-state index is 12.7. The Balaban J connectivity index is 1.48. The molecule has 4 rings (SSSR count). The van der Waals surface area contributed by atoms with Gasteiger partial charge in [0.15, 0.2) is 17.3 Å². The maximum Gasteiger partial charge on any atom is 0.322 e. The molecule has 7 heteroatoms. The lowest BCUT2D eigenvalue weighted by Gasteiger charge is -2.23. The molecular weight excluding hydrogens is 310 g/mol. The average Bonchev–Trinajstić information content (AvgIpc) is 3.32. The zero-order valence-corrected chi connectivity index (χ0v) is 13.4. The third kappa shape index (κ3) is 2.66. The fourth-order valence-electron chi connectivity index (χ4n) is 3.13. The molecule has 1 aromatic carbocycles. The highest BCUT2D eigenvalue weighted by molar-refractivity contribution is 5.90. The number of ether oxygens (including phenoxy) is 2. The topological polar surface area (TPSA) is 76.8 Å². The molecule has 24 heavy (non-hydrogen) atoms. The Morgan fingerprint density at radius 2 is 2.21 bits per heavy atom. The number of nitrogens with one attached hydrogen (secondary N) is 1. The molecule has 126 valence electrons. The second-order valence-corrected chi connectivity index (χ2v) is 5.92. The first-order valence-corrected chi connectivity index (χ1v) is 8.17. The molecule has 2 aromatic rings. The number of carbonyl (C=O) groups excluding carboxylic acids is 1. The quantitative estimate of drug-likeness (QED) is 0.934. The van der Waals surface area contributed by atoms with E-state index in [0.29, 0.717) is 23.7 Å². The van der Waals surface area contributed by atoms with Crippen molar-refractivity contribution < 1.29 is 18.8 Å². The number of aromatic nitrogens is 1. The highest BCUT2D eigenvalue weighted by Gasteiger charge is 2.33. The molecule has 0 spiro atoms. The predicted molar refractivity (Wildman–Crippen MR) is 86.1 cm³/mol. The Labute approximate surface area is 139 Å². The Kier molecular flexibility index (Phi) is 3.76. The summed E-state index contributed by atoms with van der Waals surface area (Å²) in [5, 5.41) is 6.96. The molecule has 0 radical (unpaired) electrons. The van der Waals surface area contributed by atoms with Gasteiger partial charge in [0.25, 0.3) is 0 Å². The number of aryl methyl sites for hydroxylation is 1. The van der Waals surface area contributed by atoms with Gasteiger partial charge in [-0.05, 0) is 31.4 Å². The van der Waals surface area contributed by atoms with Crippen molar-refractivity contribution in [3.8, 4) is 11.5 Å². The van der Waals surface area contributed by atoms with Crippen molar-refractivity contribution in [2.75, 3.05) is 18.7 Å². The number of rotatable bonds is 3. The van der Waals surface area contributed by atoms with Crippen molar-refractivity contribution in [1.82, 2.24) is 10.1 Å². The highest BCUT2D eigenvalue weighted by Crippen LogP contribution is 2.36. The van der Waals surface area contributed by atoms with Crippen LogP contribution in [0.2, 0.25) is 0 Å². The molecule has 1 fully saturated rings.